The molecule has 3 aromatic rings. The number of H-pyrrole nitrogens is 1. The Morgan fingerprint density at radius 3 is 2.69 bits per heavy atom. The van der Waals surface area contributed by atoms with Crippen molar-refractivity contribution < 1.29 is 0 Å². The van der Waals surface area contributed by atoms with Gasteiger partial charge in [-0.3, -0.25) is 5.10 Å². The highest BCUT2D eigenvalue weighted by molar-refractivity contribution is 5.82. The number of piperazine rings is 1. The molecule has 4 N–H and O–H groups in total. The Morgan fingerprint density at radius 2 is 1.88 bits per heavy atom. The van der Waals surface area contributed by atoms with Gasteiger partial charge in [-0.2, -0.15) is 15.1 Å². The van der Waals surface area contributed by atoms with Crippen molar-refractivity contribution in [3.8, 4) is 0 Å². The van der Waals surface area contributed by atoms with Crippen LogP contribution in [-0.4, -0.2) is 52.4 Å². The molecule has 2 bridgehead atoms. The van der Waals surface area contributed by atoms with Gasteiger partial charge in [0.25, 0.3) is 0 Å². The molecule has 2 atom stereocenters. The van der Waals surface area contributed by atoms with Crippen LogP contribution >= 0.6 is 0 Å². The second-order valence-electron chi connectivity index (χ2n) is 6.94. The van der Waals surface area contributed by atoms with Crippen LogP contribution < -0.4 is 20.9 Å². The second kappa shape index (κ2) is 6.14. The lowest BCUT2D eigenvalue weighted by atomic mass is 10.2. The van der Waals surface area contributed by atoms with Gasteiger partial charge in [0.2, 0.25) is 5.95 Å². The molecule has 8 heteroatoms. The molecule has 2 fully saturated rings. The van der Waals surface area contributed by atoms with E-state index in [1.165, 1.54) is 12.8 Å². The van der Waals surface area contributed by atoms with Gasteiger partial charge in [-0.1, -0.05) is 0 Å². The first-order chi connectivity index (χ1) is 12.8. The van der Waals surface area contributed by atoms with Crippen LogP contribution in [0.1, 0.15) is 12.8 Å². The highest BCUT2D eigenvalue weighted by Crippen LogP contribution is 2.32. The minimum Gasteiger partial charge on any atom is -0.373 e. The van der Waals surface area contributed by atoms with Crippen LogP contribution in [0.15, 0.2) is 30.5 Å². The van der Waals surface area contributed by atoms with E-state index < -0.39 is 0 Å². The Balaban J connectivity index is 1.48. The molecule has 134 valence electrons. The van der Waals surface area contributed by atoms with Crippen molar-refractivity contribution in [2.75, 3.05) is 35.7 Å². The maximum Gasteiger partial charge on any atom is 0.229 e. The summed E-state index contributed by atoms with van der Waals surface area (Å²) in [5, 5.41) is 18.2. The third-order valence-electron chi connectivity index (χ3n) is 5.29. The Hall–Kier alpha value is -2.87. The topological polar surface area (TPSA) is 93.8 Å². The van der Waals surface area contributed by atoms with Crippen LogP contribution in [0.25, 0.3) is 10.9 Å². The van der Waals surface area contributed by atoms with Gasteiger partial charge in [0.15, 0.2) is 0 Å². The first-order valence-electron chi connectivity index (χ1n) is 9.06. The molecule has 2 saturated heterocycles. The van der Waals surface area contributed by atoms with Crippen molar-refractivity contribution >= 4 is 34.2 Å². The summed E-state index contributed by atoms with van der Waals surface area (Å²) in [6.07, 6.45) is 4.22. The fourth-order valence-electron chi connectivity index (χ4n) is 4.02. The number of aromatic amines is 1. The van der Waals surface area contributed by atoms with Crippen molar-refractivity contribution in [2.45, 2.75) is 24.9 Å². The quantitative estimate of drug-likeness (QED) is 0.572. The SMILES string of the molecule is CNc1cc(Nc2ccc3[nH]ncc3c2)nc(N2C3CCC2CNC3)n1. The average molecular weight is 350 g/mol. The van der Waals surface area contributed by atoms with Crippen LogP contribution in [0.2, 0.25) is 0 Å². The van der Waals surface area contributed by atoms with E-state index in [9.17, 15) is 0 Å². The van der Waals surface area contributed by atoms with Crippen molar-refractivity contribution in [2.24, 2.45) is 0 Å². The molecule has 2 unspecified atom stereocenters. The van der Waals surface area contributed by atoms with E-state index in [-0.39, 0.29) is 0 Å². The maximum atomic E-state index is 4.82. The number of hydrogen-bond donors (Lipinski definition) is 4. The van der Waals surface area contributed by atoms with E-state index in [0.29, 0.717) is 12.1 Å². The molecule has 2 aromatic heterocycles. The lowest BCUT2D eigenvalue weighted by Crippen LogP contribution is -2.52. The summed E-state index contributed by atoms with van der Waals surface area (Å²) < 4.78 is 0. The van der Waals surface area contributed by atoms with Crippen LogP contribution in [-0.2, 0) is 0 Å². The van der Waals surface area contributed by atoms with Gasteiger partial charge >= 0.3 is 0 Å². The Kier molecular flexibility index (Phi) is 3.63. The molecule has 5 rings (SSSR count). The van der Waals surface area contributed by atoms with E-state index in [2.05, 4.69) is 37.1 Å². The number of hydrogen-bond acceptors (Lipinski definition) is 7. The van der Waals surface area contributed by atoms with E-state index >= 15 is 0 Å². The van der Waals surface area contributed by atoms with E-state index in [0.717, 1.165) is 47.3 Å². The molecule has 4 heterocycles. The molecule has 0 radical (unpaired) electrons. The second-order valence-corrected chi connectivity index (χ2v) is 6.94. The fourth-order valence-corrected chi connectivity index (χ4v) is 4.02. The van der Waals surface area contributed by atoms with Gasteiger partial charge in [-0.05, 0) is 31.0 Å². The minimum absolute atomic E-state index is 0.482. The standard InChI is InChI=1S/C18H22N8/c1-19-16-7-17(22-12-2-5-15-11(6-12)8-21-25-15)24-18(23-16)26-13-3-4-14(26)10-20-9-13/h2,5-8,13-14,20H,3-4,9-10H2,1H3,(H,21,25)(H2,19,22,23,24). The molecule has 0 aliphatic carbocycles. The summed E-state index contributed by atoms with van der Waals surface area (Å²) in [5.41, 5.74) is 2.00. The predicted molar refractivity (Wildman–Crippen MR) is 103 cm³/mol. The molecule has 0 saturated carbocycles. The highest BCUT2D eigenvalue weighted by Gasteiger charge is 2.38. The summed E-state index contributed by atoms with van der Waals surface area (Å²) in [5.74, 6) is 2.41. The van der Waals surface area contributed by atoms with Gasteiger partial charge in [0, 0.05) is 49.4 Å². The predicted octanol–water partition coefficient (Wildman–Crippen LogP) is 2.08. The summed E-state index contributed by atoms with van der Waals surface area (Å²) in [7, 11) is 1.89. The monoisotopic (exact) mass is 350 g/mol. The molecule has 26 heavy (non-hydrogen) atoms. The third kappa shape index (κ3) is 2.62. The smallest absolute Gasteiger partial charge is 0.229 e. The van der Waals surface area contributed by atoms with Crippen LogP contribution in [0, 0.1) is 0 Å². The first-order valence-corrected chi connectivity index (χ1v) is 9.06. The number of nitrogens with one attached hydrogen (secondary N) is 4. The zero-order valence-electron chi connectivity index (χ0n) is 14.7. The van der Waals surface area contributed by atoms with Crippen molar-refractivity contribution in [3.05, 3.63) is 30.5 Å². The van der Waals surface area contributed by atoms with E-state index in [1.807, 2.05) is 31.4 Å². The number of anilines is 4. The van der Waals surface area contributed by atoms with E-state index in [1.54, 1.807) is 0 Å². The molecule has 8 nitrogen and oxygen atoms in total. The molecule has 0 spiro atoms. The molecule has 0 amide bonds. The number of nitrogens with zero attached hydrogens (tertiary/aromatic N) is 4. The molecule has 2 aliphatic rings. The zero-order chi connectivity index (χ0) is 17.5. The van der Waals surface area contributed by atoms with Gasteiger partial charge in [0.1, 0.15) is 11.6 Å². The van der Waals surface area contributed by atoms with Crippen LogP contribution in [0.4, 0.5) is 23.3 Å². The normalized spacial score (nSPS) is 22.0. The van der Waals surface area contributed by atoms with Crippen LogP contribution in [0.5, 0.6) is 0 Å². The summed E-state index contributed by atoms with van der Waals surface area (Å²) in [4.78, 5) is 11.9. The summed E-state index contributed by atoms with van der Waals surface area (Å²) in [6, 6.07) is 9.01. The first kappa shape index (κ1) is 15.4. The fraction of sp³-hybridized carbons (Fsp3) is 0.389. The van der Waals surface area contributed by atoms with Gasteiger partial charge in [-0.25, -0.2) is 0 Å². The molecular formula is C18H22N8. The number of rotatable bonds is 4. The molecular weight excluding hydrogens is 328 g/mol. The maximum absolute atomic E-state index is 4.82. The lowest BCUT2D eigenvalue weighted by Gasteiger charge is -2.35. The van der Waals surface area contributed by atoms with Crippen molar-refractivity contribution in [1.29, 1.82) is 0 Å². The third-order valence-corrected chi connectivity index (χ3v) is 5.29. The number of benzene rings is 1. The van der Waals surface area contributed by atoms with E-state index in [4.69, 9.17) is 9.97 Å². The number of aromatic nitrogens is 4. The van der Waals surface area contributed by atoms with Gasteiger partial charge in [0.05, 0.1) is 11.7 Å². The average Bonchev–Trinajstić information content (AvgIpc) is 3.22. The summed E-state index contributed by atoms with van der Waals surface area (Å²) in [6.45, 7) is 2.01. The minimum atomic E-state index is 0.482. The van der Waals surface area contributed by atoms with Crippen molar-refractivity contribution in [1.82, 2.24) is 25.5 Å². The zero-order valence-corrected chi connectivity index (χ0v) is 14.7. The Bertz CT molecular complexity index is 920. The van der Waals surface area contributed by atoms with Gasteiger partial charge < -0.3 is 20.9 Å². The van der Waals surface area contributed by atoms with Crippen LogP contribution in [0.3, 0.4) is 0 Å². The summed E-state index contributed by atoms with van der Waals surface area (Å²) >= 11 is 0. The largest absolute Gasteiger partial charge is 0.373 e. The lowest BCUT2D eigenvalue weighted by molar-refractivity contribution is 0.477. The molecule has 1 aromatic carbocycles. The van der Waals surface area contributed by atoms with Gasteiger partial charge in [-0.15, -0.1) is 0 Å². The molecule has 2 aliphatic heterocycles. The number of fused-ring (bicyclic) bond motifs is 3. The Morgan fingerprint density at radius 1 is 1.08 bits per heavy atom. The highest BCUT2D eigenvalue weighted by atomic mass is 15.4. The van der Waals surface area contributed by atoms with Crippen molar-refractivity contribution in [3.63, 3.8) is 0 Å². The Labute approximate surface area is 151 Å².